The number of rotatable bonds is 7. The van der Waals surface area contributed by atoms with Gasteiger partial charge >= 0.3 is 0 Å². The summed E-state index contributed by atoms with van der Waals surface area (Å²) in [5, 5.41) is 14.3. The first-order valence-corrected chi connectivity index (χ1v) is 6.75. The van der Waals surface area contributed by atoms with Crippen LogP contribution in [0.3, 0.4) is 0 Å². The second-order valence-corrected chi connectivity index (χ2v) is 5.84. The summed E-state index contributed by atoms with van der Waals surface area (Å²) in [6, 6.07) is 4.13. The van der Waals surface area contributed by atoms with E-state index in [1.165, 1.54) is 18.2 Å². The molecule has 0 aliphatic carbocycles. The van der Waals surface area contributed by atoms with Crippen LogP contribution >= 0.6 is 0 Å². The number of carbonyl (C=O) groups excluding carboxylic acids is 1. The number of nitro groups is 1. The van der Waals surface area contributed by atoms with Gasteiger partial charge in [0.15, 0.2) is 0 Å². The van der Waals surface area contributed by atoms with Gasteiger partial charge in [-0.2, -0.15) is 0 Å². The normalized spacial score (nSPS) is 13.8. The van der Waals surface area contributed by atoms with Gasteiger partial charge in [0.25, 0.3) is 5.69 Å². The van der Waals surface area contributed by atoms with Crippen molar-refractivity contribution < 1.29 is 9.72 Å². The third-order valence-corrected chi connectivity index (χ3v) is 3.22. The van der Waals surface area contributed by atoms with Crippen LogP contribution in [0.4, 0.5) is 11.4 Å². The van der Waals surface area contributed by atoms with E-state index < -0.39 is 16.4 Å². The fourth-order valence-corrected chi connectivity index (χ4v) is 2.35. The Bertz CT molecular complexity index is 545. The fraction of sp³-hybridized carbons (Fsp3) is 0.500. The first-order valence-electron chi connectivity index (χ1n) is 6.75. The third kappa shape index (κ3) is 4.42. The van der Waals surface area contributed by atoms with Crippen molar-refractivity contribution >= 4 is 17.3 Å². The Hall–Kier alpha value is -2.15. The van der Waals surface area contributed by atoms with Gasteiger partial charge in [-0.3, -0.25) is 14.9 Å². The Morgan fingerprint density at radius 1 is 1.48 bits per heavy atom. The quantitative estimate of drug-likeness (QED) is 0.523. The Morgan fingerprint density at radius 2 is 2.10 bits per heavy atom. The van der Waals surface area contributed by atoms with Gasteiger partial charge in [-0.1, -0.05) is 13.8 Å². The first-order chi connectivity index (χ1) is 9.68. The molecule has 1 aromatic carbocycles. The summed E-state index contributed by atoms with van der Waals surface area (Å²) >= 11 is 0. The highest BCUT2D eigenvalue weighted by Gasteiger charge is 2.27. The van der Waals surface area contributed by atoms with E-state index in [4.69, 9.17) is 11.5 Å². The van der Waals surface area contributed by atoms with Crippen LogP contribution in [0, 0.1) is 16.0 Å². The molecule has 1 atom stereocenters. The van der Waals surface area contributed by atoms with E-state index in [1.807, 2.05) is 6.92 Å². The van der Waals surface area contributed by atoms with Crippen LogP contribution in [0.2, 0.25) is 0 Å². The molecule has 116 valence electrons. The number of nitro benzene ring substituents is 1. The highest BCUT2D eigenvalue weighted by atomic mass is 16.6. The van der Waals surface area contributed by atoms with Crippen LogP contribution in [-0.4, -0.2) is 22.9 Å². The minimum Gasteiger partial charge on any atom is -0.373 e. The SMILES string of the molecule is CC(C)CC(C)(CN)Nc1ccc(C(N)=O)cc1[N+](=O)[O-]. The summed E-state index contributed by atoms with van der Waals surface area (Å²) < 4.78 is 0. The number of primary amides is 1. The van der Waals surface area contributed by atoms with Crippen LogP contribution in [0.25, 0.3) is 0 Å². The van der Waals surface area contributed by atoms with E-state index in [0.29, 0.717) is 18.2 Å². The highest BCUT2D eigenvalue weighted by molar-refractivity contribution is 5.94. The van der Waals surface area contributed by atoms with Crippen LogP contribution in [0.5, 0.6) is 0 Å². The van der Waals surface area contributed by atoms with Crippen molar-refractivity contribution in [1.82, 2.24) is 0 Å². The maximum Gasteiger partial charge on any atom is 0.293 e. The number of hydrogen-bond donors (Lipinski definition) is 3. The average Bonchev–Trinajstić information content (AvgIpc) is 2.37. The van der Waals surface area contributed by atoms with Crippen LogP contribution in [0.1, 0.15) is 37.6 Å². The smallest absolute Gasteiger partial charge is 0.293 e. The molecular formula is C14H22N4O3. The number of carbonyl (C=O) groups is 1. The number of nitrogens with two attached hydrogens (primary N) is 2. The lowest BCUT2D eigenvalue weighted by Crippen LogP contribution is -2.43. The topological polar surface area (TPSA) is 124 Å². The van der Waals surface area contributed by atoms with E-state index in [-0.39, 0.29) is 11.3 Å². The highest BCUT2D eigenvalue weighted by Crippen LogP contribution is 2.30. The van der Waals surface area contributed by atoms with E-state index in [1.54, 1.807) is 0 Å². The summed E-state index contributed by atoms with van der Waals surface area (Å²) in [6.07, 6.45) is 0.762. The zero-order valence-corrected chi connectivity index (χ0v) is 12.6. The van der Waals surface area contributed by atoms with E-state index in [0.717, 1.165) is 6.42 Å². The van der Waals surface area contributed by atoms with Crippen molar-refractivity contribution in [3.63, 3.8) is 0 Å². The molecule has 7 nitrogen and oxygen atoms in total. The Balaban J connectivity index is 3.17. The van der Waals surface area contributed by atoms with E-state index >= 15 is 0 Å². The second kappa shape index (κ2) is 6.53. The van der Waals surface area contributed by atoms with Gasteiger partial charge in [0.1, 0.15) is 5.69 Å². The minimum atomic E-state index is -0.701. The van der Waals surface area contributed by atoms with E-state index in [9.17, 15) is 14.9 Å². The predicted octanol–water partition coefficient (Wildman–Crippen LogP) is 1.87. The second-order valence-electron chi connectivity index (χ2n) is 5.84. The summed E-state index contributed by atoms with van der Waals surface area (Å²) in [6.45, 7) is 6.36. The first kappa shape index (κ1) is 16.9. The predicted molar refractivity (Wildman–Crippen MR) is 82.2 cm³/mol. The van der Waals surface area contributed by atoms with Crippen molar-refractivity contribution in [1.29, 1.82) is 0 Å². The molecule has 1 unspecified atom stereocenters. The maximum atomic E-state index is 11.2. The molecule has 1 rings (SSSR count). The molecule has 0 saturated heterocycles. The van der Waals surface area contributed by atoms with Gasteiger partial charge in [-0.15, -0.1) is 0 Å². The zero-order valence-electron chi connectivity index (χ0n) is 12.6. The monoisotopic (exact) mass is 294 g/mol. The number of hydrogen-bond acceptors (Lipinski definition) is 5. The molecule has 5 N–H and O–H groups in total. The maximum absolute atomic E-state index is 11.2. The molecule has 0 aliphatic heterocycles. The molecule has 0 bridgehead atoms. The van der Waals surface area contributed by atoms with Crippen molar-refractivity contribution in [2.75, 3.05) is 11.9 Å². The Labute approximate surface area is 123 Å². The van der Waals surface area contributed by atoms with Gasteiger partial charge < -0.3 is 16.8 Å². The summed E-state index contributed by atoms with van der Waals surface area (Å²) in [5.41, 5.74) is 10.7. The molecule has 0 heterocycles. The molecular weight excluding hydrogens is 272 g/mol. The lowest BCUT2D eigenvalue weighted by atomic mass is 9.90. The van der Waals surface area contributed by atoms with Crippen molar-refractivity contribution in [3.05, 3.63) is 33.9 Å². The van der Waals surface area contributed by atoms with Crippen LogP contribution in [-0.2, 0) is 0 Å². The van der Waals surface area contributed by atoms with Crippen LogP contribution in [0.15, 0.2) is 18.2 Å². The number of nitrogens with zero attached hydrogens (tertiary/aromatic N) is 1. The van der Waals surface area contributed by atoms with Crippen molar-refractivity contribution in [3.8, 4) is 0 Å². The van der Waals surface area contributed by atoms with Gasteiger partial charge in [0.05, 0.1) is 4.92 Å². The molecule has 0 saturated carbocycles. The molecule has 1 amide bonds. The van der Waals surface area contributed by atoms with Gasteiger partial charge in [0.2, 0.25) is 5.91 Å². The molecule has 21 heavy (non-hydrogen) atoms. The van der Waals surface area contributed by atoms with Crippen LogP contribution < -0.4 is 16.8 Å². The molecule has 0 radical (unpaired) electrons. The zero-order chi connectivity index (χ0) is 16.2. The lowest BCUT2D eigenvalue weighted by molar-refractivity contribution is -0.384. The van der Waals surface area contributed by atoms with Gasteiger partial charge in [0, 0.05) is 23.7 Å². The largest absolute Gasteiger partial charge is 0.373 e. The molecule has 0 aliphatic rings. The van der Waals surface area contributed by atoms with E-state index in [2.05, 4.69) is 19.2 Å². The number of anilines is 1. The Morgan fingerprint density at radius 3 is 2.52 bits per heavy atom. The molecule has 0 aromatic heterocycles. The molecule has 1 aromatic rings. The molecule has 7 heteroatoms. The lowest BCUT2D eigenvalue weighted by Gasteiger charge is -2.32. The van der Waals surface area contributed by atoms with Gasteiger partial charge in [-0.05, 0) is 31.4 Å². The third-order valence-electron chi connectivity index (χ3n) is 3.22. The summed E-state index contributed by atoms with van der Waals surface area (Å²) in [7, 11) is 0. The summed E-state index contributed by atoms with van der Waals surface area (Å²) in [4.78, 5) is 21.8. The summed E-state index contributed by atoms with van der Waals surface area (Å²) in [5.74, 6) is -0.316. The number of benzene rings is 1. The fourth-order valence-electron chi connectivity index (χ4n) is 2.35. The van der Waals surface area contributed by atoms with Gasteiger partial charge in [-0.25, -0.2) is 0 Å². The van der Waals surface area contributed by atoms with Crippen molar-refractivity contribution in [2.24, 2.45) is 17.4 Å². The standard InChI is InChI=1S/C14H22N4O3/c1-9(2)7-14(3,8-15)17-11-5-4-10(13(16)19)6-12(11)18(20)21/h4-6,9,17H,7-8,15H2,1-3H3,(H2,16,19). The Kier molecular flexibility index (Phi) is 5.26. The average molecular weight is 294 g/mol. The molecule has 0 fully saturated rings. The molecule has 0 spiro atoms. The van der Waals surface area contributed by atoms with Crippen molar-refractivity contribution in [2.45, 2.75) is 32.7 Å². The number of nitrogens with one attached hydrogen (secondary N) is 1. The minimum absolute atomic E-state index is 0.102. The number of amides is 1.